The molecule has 0 saturated heterocycles. The highest BCUT2D eigenvalue weighted by atomic mass is 16.6. The Morgan fingerprint density at radius 3 is 1.00 bits per heavy atom. The number of aromatic nitrogens is 2. The molecule has 368 valence electrons. The first-order valence-corrected chi connectivity index (χ1v) is 24.1. The second kappa shape index (κ2) is 24.3. The molecule has 12 nitrogen and oxygen atoms in total. The van der Waals surface area contributed by atoms with Gasteiger partial charge in [0.05, 0.1) is 22.3 Å². The van der Waals surface area contributed by atoms with Gasteiger partial charge in [0.1, 0.15) is 47.7 Å². The van der Waals surface area contributed by atoms with Crippen LogP contribution in [0.2, 0.25) is 0 Å². The Morgan fingerprint density at radius 1 is 0.356 bits per heavy atom. The predicted octanol–water partition coefficient (Wildman–Crippen LogP) is 10.7. The van der Waals surface area contributed by atoms with Gasteiger partial charge in [-0.1, -0.05) is 35.4 Å². The summed E-state index contributed by atoms with van der Waals surface area (Å²) in [4.78, 5) is 50.9. The van der Waals surface area contributed by atoms with Gasteiger partial charge in [-0.2, -0.15) is 0 Å². The molecule has 0 fully saturated rings. The van der Waals surface area contributed by atoms with E-state index in [1.54, 1.807) is 109 Å². The summed E-state index contributed by atoms with van der Waals surface area (Å²) in [5, 5.41) is 0. The van der Waals surface area contributed by atoms with Crippen molar-refractivity contribution in [2.75, 3.05) is 13.2 Å². The van der Waals surface area contributed by atoms with Crippen LogP contribution in [0.15, 0.2) is 183 Å². The molecule has 0 atom stereocenters. The maximum atomic E-state index is 13.0. The standard InChI is InChI=1S/C61H56N2O10/c1-42-8-12-48(13-9-42)58(64)70-54-24-26-55(27-25-54)71-59(65)50-16-20-52(21-17-50)68-40-38-62-34-30-46(31-35-62)6-5-7-47-32-36-63(37-33-47)39-41-69-53-22-18-51(19-23-53)61(67)73-57-29-28-56(44(3)45(57)4)72-60(66)49-14-10-43(2)11-15-49/h8-37H,5-7,38-41H2,1-4H3/q+2. The molecule has 8 rings (SSSR count). The minimum Gasteiger partial charge on any atom is -0.487 e. The molecule has 0 spiro atoms. The van der Waals surface area contributed by atoms with E-state index in [0.717, 1.165) is 30.4 Å². The van der Waals surface area contributed by atoms with Gasteiger partial charge in [-0.05, 0) is 178 Å². The van der Waals surface area contributed by atoms with Crippen molar-refractivity contribution in [3.8, 4) is 34.5 Å². The molecule has 0 radical (unpaired) electrons. The highest BCUT2D eigenvalue weighted by Gasteiger charge is 2.18. The van der Waals surface area contributed by atoms with Gasteiger partial charge in [-0.25, -0.2) is 28.3 Å². The lowest BCUT2D eigenvalue weighted by Gasteiger charge is -2.14. The number of carbonyl (C=O) groups is 4. The van der Waals surface area contributed by atoms with E-state index in [4.69, 9.17) is 28.4 Å². The van der Waals surface area contributed by atoms with Crippen LogP contribution in [-0.2, 0) is 25.9 Å². The normalized spacial score (nSPS) is 10.8. The summed E-state index contributed by atoms with van der Waals surface area (Å²) < 4.78 is 38.4. The number of hydrogen-bond acceptors (Lipinski definition) is 10. The minimum absolute atomic E-state index is 0.327. The van der Waals surface area contributed by atoms with Crippen molar-refractivity contribution in [2.45, 2.75) is 60.0 Å². The highest BCUT2D eigenvalue weighted by molar-refractivity contribution is 5.93. The minimum atomic E-state index is -0.513. The molecule has 0 unspecified atom stereocenters. The molecule has 0 aliphatic heterocycles. The molecule has 0 bridgehead atoms. The van der Waals surface area contributed by atoms with Gasteiger partial charge >= 0.3 is 23.9 Å². The van der Waals surface area contributed by atoms with Crippen LogP contribution < -0.4 is 37.6 Å². The summed E-state index contributed by atoms with van der Waals surface area (Å²) in [7, 11) is 0. The van der Waals surface area contributed by atoms with Crippen molar-refractivity contribution < 1.29 is 56.7 Å². The van der Waals surface area contributed by atoms with Gasteiger partial charge in [0.15, 0.2) is 37.9 Å². The summed E-state index contributed by atoms with van der Waals surface area (Å²) in [5.41, 5.74) is 7.70. The highest BCUT2D eigenvalue weighted by Crippen LogP contribution is 2.31. The second-order valence-electron chi connectivity index (χ2n) is 17.6. The molecule has 0 aliphatic carbocycles. The van der Waals surface area contributed by atoms with E-state index < -0.39 is 23.9 Å². The van der Waals surface area contributed by atoms with Crippen LogP contribution in [0.1, 0.15) is 81.2 Å². The van der Waals surface area contributed by atoms with Gasteiger partial charge in [0.2, 0.25) is 0 Å². The molecule has 0 aliphatic rings. The zero-order valence-corrected chi connectivity index (χ0v) is 41.2. The Bertz CT molecular complexity index is 3150. The second-order valence-corrected chi connectivity index (χ2v) is 17.6. The van der Waals surface area contributed by atoms with E-state index in [2.05, 4.69) is 58.2 Å². The summed E-state index contributed by atoms with van der Waals surface area (Å²) in [5.74, 6) is 0.823. The number of benzene rings is 6. The Hall–Kier alpha value is -8.90. The number of ether oxygens (including phenoxy) is 6. The number of rotatable bonds is 20. The molecule has 0 amide bonds. The van der Waals surface area contributed by atoms with Crippen LogP contribution >= 0.6 is 0 Å². The molecule has 12 heteroatoms. The first-order valence-electron chi connectivity index (χ1n) is 24.1. The van der Waals surface area contributed by atoms with E-state index in [-0.39, 0.29) is 0 Å². The lowest BCUT2D eigenvalue weighted by molar-refractivity contribution is -0.697. The van der Waals surface area contributed by atoms with Crippen LogP contribution in [0.3, 0.4) is 0 Å². The molecule has 0 N–H and O–H groups in total. The van der Waals surface area contributed by atoms with E-state index in [9.17, 15) is 19.2 Å². The maximum Gasteiger partial charge on any atom is 0.343 e. The van der Waals surface area contributed by atoms with Crippen LogP contribution in [0, 0.1) is 27.7 Å². The molecule has 2 aromatic heterocycles. The predicted molar refractivity (Wildman–Crippen MR) is 274 cm³/mol. The first kappa shape index (κ1) is 50.5. The SMILES string of the molecule is Cc1ccc(C(=O)Oc2ccc(OC(=O)c3ccc(OCC[n+]4ccc(CCCc5cc[n+](CCOc6ccc(C(=O)Oc7ccc(OC(=O)c8ccc(C)cc8)c(C)c7C)cc6)cc5)cc4)cc3)cc2)cc1. The van der Waals surface area contributed by atoms with Crippen LogP contribution in [-0.4, -0.2) is 37.1 Å². The van der Waals surface area contributed by atoms with Gasteiger partial charge in [0, 0.05) is 24.3 Å². The number of hydrogen-bond donors (Lipinski definition) is 0. The summed E-state index contributed by atoms with van der Waals surface area (Å²) in [6.07, 6.45) is 11.2. The number of carbonyl (C=O) groups excluding carboxylic acids is 4. The van der Waals surface area contributed by atoms with Crippen molar-refractivity contribution >= 4 is 23.9 Å². The molecular weight excluding hydrogens is 921 g/mol. The average molecular weight is 977 g/mol. The molecule has 0 saturated carbocycles. The first-order chi connectivity index (χ1) is 35.4. The molecule has 6 aromatic carbocycles. The number of aryl methyl sites for hydroxylation is 4. The molecule has 8 aromatic rings. The van der Waals surface area contributed by atoms with Crippen LogP contribution in [0.4, 0.5) is 0 Å². The van der Waals surface area contributed by atoms with Crippen molar-refractivity contribution in [3.63, 3.8) is 0 Å². The fourth-order valence-corrected chi connectivity index (χ4v) is 7.61. The Morgan fingerprint density at radius 2 is 0.658 bits per heavy atom. The zero-order chi connectivity index (χ0) is 51.1. The third kappa shape index (κ3) is 14.4. The average Bonchev–Trinajstić information content (AvgIpc) is 3.40. The smallest absolute Gasteiger partial charge is 0.343 e. The Kier molecular flexibility index (Phi) is 16.8. The summed E-state index contributed by atoms with van der Waals surface area (Å²) >= 11 is 0. The third-order valence-electron chi connectivity index (χ3n) is 12.2. The number of pyridine rings is 2. The summed E-state index contributed by atoms with van der Waals surface area (Å²) in [6, 6.07) is 46.1. The lowest BCUT2D eigenvalue weighted by Crippen LogP contribution is -2.35. The monoisotopic (exact) mass is 976 g/mol. The van der Waals surface area contributed by atoms with Crippen molar-refractivity contribution in [3.05, 3.63) is 238 Å². The molecular formula is C61H56N2O10+2. The van der Waals surface area contributed by atoms with Gasteiger partial charge in [-0.3, -0.25) is 0 Å². The van der Waals surface area contributed by atoms with Gasteiger partial charge in [-0.15, -0.1) is 0 Å². The Balaban J connectivity index is 0.691. The Labute approximate surface area is 424 Å². The van der Waals surface area contributed by atoms with Crippen molar-refractivity contribution in [1.82, 2.24) is 0 Å². The topological polar surface area (TPSA) is 131 Å². The van der Waals surface area contributed by atoms with Gasteiger partial charge < -0.3 is 28.4 Å². The molecule has 73 heavy (non-hydrogen) atoms. The van der Waals surface area contributed by atoms with Crippen LogP contribution in [0.25, 0.3) is 0 Å². The van der Waals surface area contributed by atoms with E-state index in [1.165, 1.54) is 11.1 Å². The van der Waals surface area contributed by atoms with E-state index in [1.807, 2.05) is 52.0 Å². The third-order valence-corrected chi connectivity index (χ3v) is 12.2. The fourth-order valence-electron chi connectivity index (χ4n) is 7.61. The van der Waals surface area contributed by atoms with E-state index in [0.29, 0.717) is 94.2 Å². The van der Waals surface area contributed by atoms with E-state index >= 15 is 0 Å². The quantitative estimate of drug-likeness (QED) is 0.0413. The van der Waals surface area contributed by atoms with Gasteiger partial charge in [0.25, 0.3) is 0 Å². The summed E-state index contributed by atoms with van der Waals surface area (Å²) in [6.45, 7) is 9.77. The lowest BCUT2D eigenvalue weighted by atomic mass is 10.1. The van der Waals surface area contributed by atoms with Crippen LogP contribution in [0.5, 0.6) is 34.5 Å². The number of esters is 4. The number of nitrogens with zero attached hydrogens (tertiary/aromatic N) is 2. The molecule has 2 heterocycles. The maximum absolute atomic E-state index is 13.0. The van der Waals surface area contributed by atoms with Crippen molar-refractivity contribution in [1.29, 1.82) is 0 Å². The largest absolute Gasteiger partial charge is 0.487 e. The zero-order valence-electron chi connectivity index (χ0n) is 41.2. The fraction of sp³-hybridized carbons (Fsp3) is 0.180. The van der Waals surface area contributed by atoms with Crippen molar-refractivity contribution in [2.24, 2.45) is 0 Å².